The number of nitrogens with one attached hydrogen (secondary N) is 1. The third kappa shape index (κ3) is 5.05. The Kier molecular flexibility index (Phi) is 6.64. The van der Waals surface area contributed by atoms with Crippen LogP contribution in [0.3, 0.4) is 0 Å². The van der Waals surface area contributed by atoms with Gasteiger partial charge in [-0.1, -0.05) is 90.1 Å². The van der Waals surface area contributed by atoms with Gasteiger partial charge in [0.05, 0.1) is 17.0 Å². The molecule has 1 amide bonds. The first-order chi connectivity index (χ1) is 15.6. The van der Waals surface area contributed by atoms with Crippen molar-refractivity contribution >= 4 is 23.4 Å². The van der Waals surface area contributed by atoms with Crippen LogP contribution in [-0.2, 0) is 4.79 Å². The third-order valence-corrected chi connectivity index (χ3v) is 5.90. The lowest BCUT2D eigenvalue weighted by Crippen LogP contribution is -2.14. The van der Waals surface area contributed by atoms with E-state index in [2.05, 4.69) is 11.4 Å². The Morgan fingerprint density at radius 1 is 0.938 bits per heavy atom. The van der Waals surface area contributed by atoms with Gasteiger partial charge in [-0.3, -0.25) is 4.79 Å². The molecule has 0 saturated heterocycles. The second-order valence-corrected chi connectivity index (χ2v) is 8.25. The molecule has 0 aliphatic rings. The Labute approximate surface area is 192 Å². The zero-order chi connectivity index (χ0) is 22.3. The standard InChI is InChI=1S/C27H21N3OS/c1-19-12-14-20(15-13-19)23-16-25(21-8-4-2-5-9-21)30-27(24(23)17-28)32-18-26(31)29-22-10-6-3-7-11-22/h2-16H,18H2,1H3,(H,29,31). The van der Waals surface area contributed by atoms with Gasteiger partial charge in [0.15, 0.2) is 0 Å². The lowest BCUT2D eigenvalue weighted by Gasteiger charge is -2.13. The SMILES string of the molecule is Cc1ccc(-c2cc(-c3ccccc3)nc(SCC(=O)Nc3ccccc3)c2C#N)cc1. The molecular weight excluding hydrogens is 414 g/mol. The molecule has 1 aromatic heterocycles. The van der Waals surface area contributed by atoms with E-state index in [0.717, 1.165) is 33.6 Å². The zero-order valence-electron chi connectivity index (χ0n) is 17.6. The van der Waals surface area contributed by atoms with Crippen molar-refractivity contribution in [3.8, 4) is 28.5 Å². The molecule has 32 heavy (non-hydrogen) atoms. The summed E-state index contributed by atoms with van der Waals surface area (Å²) in [6, 6.07) is 31.5. The summed E-state index contributed by atoms with van der Waals surface area (Å²) in [6.45, 7) is 2.03. The first kappa shape index (κ1) is 21.4. The Hall–Kier alpha value is -3.88. The number of carbonyl (C=O) groups is 1. The van der Waals surface area contributed by atoms with Crippen LogP contribution in [0, 0.1) is 18.3 Å². The van der Waals surface area contributed by atoms with Crippen LogP contribution < -0.4 is 5.32 Å². The molecule has 0 atom stereocenters. The summed E-state index contributed by atoms with van der Waals surface area (Å²) in [5, 5.41) is 13.4. The maximum absolute atomic E-state index is 12.5. The monoisotopic (exact) mass is 435 g/mol. The summed E-state index contributed by atoms with van der Waals surface area (Å²) in [7, 11) is 0. The molecule has 0 unspecified atom stereocenters. The van der Waals surface area contributed by atoms with Crippen LogP contribution in [0.4, 0.5) is 5.69 Å². The quantitative estimate of drug-likeness (QED) is 0.360. The van der Waals surface area contributed by atoms with Crippen molar-refractivity contribution < 1.29 is 4.79 Å². The van der Waals surface area contributed by atoms with Crippen molar-refractivity contribution in [2.24, 2.45) is 0 Å². The number of carbonyl (C=O) groups excluding carboxylic acids is 1. The number of hydrogen-bond donors (Lipinski definition) is 1. The number of rotatable bonds is 6. The first-order valence-electron chi connectivity index (χ1n) is 10.2. The van der Waals surface area contributed by atoms with E-state index >= 15 is 0 Å². The van der Waals surface area contributed by atoms with Gasteiger partial charge >= 0.3 is 0 Å². The second kappa shape index (κ2) is 9.95. The summed E-state index contributed by atoms with van der Waals surface area (Å²) in [5.41, 5.74) is 5.86. The Morgan fingerprint density at radius 3 is 2.25 bits per heavy atom. The highest BCUT2D eigenvalue weighted by molar-refractivity contribution is 8.00. The molecule has 0 spiro atoms. The number of benzene rings is 3. The molecule has 4 nitrogen and oxygen atoms in total. The van der Waals surface area contributed by atoms with Gasteiger partial charge in [-0.05, 0) is 30.7 Å². The smallest absolute Gasteiger partial charge is 0.234 e. The number of aromatic nitrogens is 1. The molecule has 156 valence electrons. The lowest BCUT2D eigenvalue weighted by molar-refractivity contribution is -0.113. The molecule has 1 N–H and O–H groups in total. The zero-order valence-corrected chi connectivity index (χ0v) is 18.4. The van der Waals surface area contributed by atoms with Crippen LogP contribution in [0.5, 0.6) is 0 Å². The molecule has 0 aliphatic heterocycles. The van der Waals surface area contributed by atoms with Gasteiger partial charge in [-0.15, -0.1) is 0 Å². The highest BCUT2D eigenvalue weighted by Gasteiger charge is 2.17. The average molecular weight is 436 g/mol. The van der Waals surface area contributed by atoms with Gasteiger partial charge < -0.3 is 5.32 Å². The lowest BCUT2D eigenvalue weighted by atomic mass is 9.98. The molecule has 5 heteroatoms. The molecule has 3 aromatic carbocycles. The van der Waals surface area contributed by atoms with Gasteiger partial charge in [0.25, 0.3) is 0 Å². The number of para-hydroxylation sites is 1. The van der Waals surface area contributed by atoms with E-state index in [0.29, 0.717) is 10.6 Å². The van der Waals surface area contributed by atoms with Crippen LogP contribution in [0.15, 0.2) is 96.0 Å². The molecule has 0 saturated carbocycles. The maximum Gasteiger partial charge on any atom is 0.234 e. The summed E-state index contributed by atoms with van der Waals surface area (Å²) in [4.78, 5) is 17.2. The molecule has 0 fully saturated rings. The summed E-state index contributed by atoms with van der Waals surface area (Å²) in [5.74, 6) is 0.0104. The van der Waals surface area contributed by atoms with E-state index in [1.807, 2.05) is 97.9 Å². The number of nitriles is 1. The molecule has 4 aromatic rings. The maximum atomic E-state index is 12.5. The van der Waals surface area contributed by atoms with Crippen LogP contribution in [0.2, 0.25) is 0 Å². The van der Waals surface area contributed by atoms with Crippen molar-refractivity contribution in [1.29, 1.82) is 5.26 Å². The van der Waals surface area contributed by atoms with Gasteiger partial charge in [0.1, 0.15) is 11.1 Å². The fraction of sp³-hybridized carbons (Fsp3) is 0.0741. The Morgan fingerprint density at radius 2 is 1.59 bits per heavy atom. The number of hydrogen-bond acceptors (Lipinski definition) is 4. The number of anilines is 1. The summed E-state index contributed by atoms with van der Waals surface area (Å²) < 4.78 is 0. The van der Waals surface area contributed by atoms with Crippen LogP contribution in [-0.4, -0.2) is 16.6 Å². The van der Waals surface area contributed by atoms with E-state index in [9.17, 15) is 10.1 Å². The molecule has 0 aliphatic carbocycles. The van der Waals surface area contributed by atoms with Crippen molar-refractivity contribution in [3.05, 3.63) is 102 Å². The van der Waals surface area contributed by atoms with Crippen LogP contribution >= 0.6 is 11.8 Å². The van der Waals surface area contributed by atoms with Gasteiger partial charge in [0.2, 0.25) is 5.91 Å². The largest absolute Gasteiger partial charge is 0.325 e. The minimum absolute atomic E-state index is 0.145. The van der Waals surface area contributed by atoms with E-state index < -0.39 is 0 Å². The molecule has 4 rings (SSSR count). The predicted octanol–water partition coefficient (Wildman–Crippen LogP) is 6.33. The van der Waals surface area contributed by atoms with E-state index in [-0.39, 0.29) is 11.7 Å². The molecule has 0 bridgehead atoms. The van der Waals surface area contributed by atoms with Gasteiger partial charge in [-0.2, -0.15) is 5.26 Å². The molecule has 1 heterocycles. The highest BCUT2D eigenvalue weighted by Crippen LogP contribution is 2.34. The van der Waals surface area contributed by atoms with Crippen molar-refractivity contribution in [3.63, 3.8) is 0 Å². The third-order valence-electron chi connectivity index (χ3n) is 4.93. The van der Waals surface area contributed by atoms with E-state index in [4.69, 9.17) is 4.98 Å². The second-order valence-electron chi connectivity index (χ2n) is 7.28. The Bertz CT molecular complexity index is 1260. The minimum atomic E-state index is -0.145. The first-order valence-corrected chi connectivity index (χ1v) is 11.2. The average Bonchev–Trinajstić information content (AvgIpc) is 2.84. The number of aryl methyl sites for hydroxylation is 1. The minimum Gasteiger partial charge on any atom is -0.325 e. The normalized spacial score (nSPS) is 10.4. The predicted molar refractivity (Wildman–Crippen MR) is 130 cm³/mol. The summed E-state index contributed by atoms with van der Waals surface area (Å²) in [6.07, 6.45) is 0. The van der Waals surface area contributed by atoms with Crippen molar-refractivity contribution in [1.82, 2.24) is 4.98 Å². The van der Waals surface area contributed by atoms with Crippen molar-refractivity contribution in [2.45, 2.75) is 11.9 Å². The number of amides is 1. The molecule has 0 radical (unpaired) electrons. The van der Waals surface area contributed by atoms with Crippen molar-refractivity contribution in [2.75, 3.05) is 11.1 Å². The summed E-state index contributed by atoms with van der Waals surface area (Å²) >= 11 is 1.27. The number of nitrogens with zero attached hydrogens (tertiary/aromatic N) is 2. The van der Waals surface area contributed by atoms with Crippen LogP contribution in [0.25, 0.3) is 22.4 Å². The van der Waals surface area contributed by atoms with Gasteiger partial charge in [0, 0.05) is 16.8 Å². The van der Waals surface area contributed by atoms with E-state index in [1.165, 1.54) is 11.8 Å². The Balaban J connectivity index is 1.70. The van der Waals surface area contributed by atoms with E-state index in [1.54, 1.807) is 0 Å². The van der Waals surface area contributed by atoms with Crippen LogP contribution in [0.1, 0.15) is 11.1 Å². The highest BCUT2D eigenvalue weighted by atomic mass is 32.2. The number of pyridine rings is 1. The fourth-order valence-electron chi connectivity index (χ4n) is 3.30. The molecular formula is C27H21N3OS. The topological polar surface area (TPSA) is 65.8 Å². The fourth-order valence-corrected chi connectivity index (χ4v) is 4.11. The van der Waals surface area contributed by atoms with Gasteiger partial charge in [-0.25, -0.2) is 4.98 Å². The number of thioether (sulfide) groups is 1.